The first-order chi connectivity index (χ1) is 7.38. The molecule has 0 aliphatic rings. The van der Waals surface area contributed by atoms with Gasteiger partial charge in [0, 0.05) is 5.75 Å². The zero-order valence-electron chi connectivity index (χ0n) is 8.21. The van der Waals surface area contributed by atoms with Crippen LogP contribution in [-0.4, -0.2) is 15.6 Å². The lowest BCUT2D eigenvalue weighted by atomic mass is 10.2. The van der Waals surface area contributed by atoms with Gasteiger partial charge in [0.25, 0.3) is 0 Å². The Morgan fingerprint density at radius 1 is 1.27 bits per heavy atom. The highest BCUT2D eigenvalue weighted by molar-refractivity contribution is 8.00. The van der Waals surface area contributed by atoms with Gasteiger partial charge in [0.05, 0.1) is 0 Å². The maximum Gasteiger partial charge on any atom is 0.200 e. The first-order valence-corrected chi connectivity index (χ1v) is 7.41. The molecule has 0 fully saturated rings. The van der Waals surface area contributed by atoms with E-state index in [0.717, 1.165) is 15.2 Å². The van der Waals surface area contributed by atoms with Crippen LogP contribution in [0.1, 0.15) is 5.56 Å². The lowest BCUT2D eigenvalue weighted by Crippen LogP contribution is -1.78. The van der Waals surface area contributed by atoms with E-state index >= 15 is 0 Å². The Balaban J connectivity index is 1.93. The van der Waals surface area contributed by atoms with E-state index in [-0.39, 0.29) is 0 Å². The molecule has 15 heavy (non-hydrogen) atoms. The number of nitrogens with zero attached hydrogens (tertiary/aromatic N) is 2. The zero-order valence-corrected chi connectivity index (χ0v) is 10.7. The highest BCUT2D eigenvalue weighted by Gasteiger charge is 2.03. The van der Waals surface area contributed by atoms with Crippen LogP contribution in [0, 0.1) is 0 Å². The van der Waals surface area contributed by atoms with Crippen molar-refractivity contribution in [2.24, 2.45) is 0 Å². The molecule has 0 saturated heterocycles. The Morgan fingerprint density at radius 3 is 2.73 bits per heavy atom. The van der Waals surface area contributed by atoms with Crippen LogP contribution in [0.5, 0.6) is 0 Å². The third-order valence-electron chi connectivity index (χ3n) is 1.78. The lowest BCUT2D eigenvalue weighted by Gasteiger charge is -1.96. The van der Waals surface area contributed by atoms with Crippen molar-refractivity contribution in [3.8, 4) is 0 Å². The van der Waals surface area contributed by atoms with Gasteiger partial charge in [-0.3, -0.25) is 0 Å². The molecular formula is C10H10N2S3. The molecule has 78 valence electrons. The summed E-state index contributed by atoms with van der Waals surface area (Å²) in [6, 6.07) is 10.4. The van der Waals surface area contributed by atoms with Gasteiger partial charge >= 0.3 is 0 Å². The molecule has 0 N–H and O–H groups in total. The average molecular weight is 254 g/mol. The smallest absolute Gasteiger partial charge is 0.200 e. The van der Waals surface area contributed by atoms with E-state index in [0.29, 0.717) is 0 Å². The van der Waals surface area contributed by atoms with Crippen LogP contribution in [0.25, 0.3) is 0 Å². The molecule has 0 bridgehead atoms. The summed E-state index contributed by atoms with van der Waals surface area (Å²) in [6.45, 7) is 0. The third-order valence-corrected chi connectivity index (χ3v) is 4.34. The number of hydrogen-bond acceptors (Lipinski definition) is 5. The monoisotopic (exact) mass is 254 g/mol. The summed E-state index contributed by atoms with van der Waals surface area (Å²) in [5.74, 6) is 0.962. The predicted molar refractivity (Wildman–Crippen MR) is 67.7 cm³/mol. The molecule has 1 aromatic carbocycles. The lowest BCUT2D eigenvalue weighted by molar-refractivity contribution is 1.02. The second-order valence-electron chi connectivity index (χ2n) is 2.82. The second kappa shape index (κ2) is 5.53. The number of aromatic nitrogens is 2. The Kier molecular flexibility index (Phi) is 4.05. The highest BCUT2D eigenvalue weighted by Crippen LogP contribution is 2.26. The van der Waals surface area contributed by atoms with Gasteiger partial charge in [0.2, 0.25) is 5.16 Å². The largest absolute Gasteiger partial charge is 0.203 e. The minimum Gasteiger partial charge on any atom is -0.203 e. The molecule has 2 aromatic rings. The fourth-order valence-electron chi connectivity index (χ4n) is 1.06. The van der Waals surface area contributed by atoms with E-state index in [1.807, 2.05) is 12.3 Å². The van der Waals surface area contributed by atoms with Crippen molar-refractivity contribution < 1.29 is 0 Å². The number of thioether (sulfide) groups is 2. The quantitative estimate of drug-likeness (QED) is 0.779. The topological polar surface area (TPSA) is 25.8 Å². The molecule has 0 spiro atoms. The summed E-state index contributed by atoms with van der Waals surface area (Å²) in [6.07, 6.45) is 1.99. The average Bonchev–Trinajstić information content (AvgIpc) is 2.76. The van der Waals surface area contributed by atoms with Crippen LogP contribution in [0.4, 0.5) is 0 Å². The van der Waals surface area contributed by atoms with Gasteiger partial charge in [0.1, 0.15) is 0 Å². The molecule has 1 aromatic heterocycles. The van der Waals surface area contributed by atoms with Gasteiger partial charge in [-0.25, -0.2) is 4.98 Å². The van der Waals surface area contributed by atoms with Crippen LogP contribution >= 0.6 is 35.1 Å². The molecule has 2 nitrogen and oxygen atoms in total. The predicted octanol–water partition coefficient (Wildman–Crippen LogP) is 3.55. The van der Waals surface area contributed by atoms with Crippen molar-refractivity contribution in [3.05, 3.63) is 35.9 Å². The van der Waals surface area contributed by atoms with E-state index in [1.54, 1.807) is 23.5 Å². The first kappa shape index (κ1) is 11.0. The molecule has 2 rings (SSSR count). The standard InChI is InChI=1S/C10H10N2S3/c1-13-9-11-10(15-12-9)14-7-8-5-3-2-4-6-8/h2-6H,7H2,1H3. The Labute approximate surface area is 102 Å². The second-order valence-corrected chi connectivity index (χ2v) is 5.57. The number of hydrogen-bond donors (Lipinski definition) is 0. The SMILES string of the molecule is CSc1nsc(SCc2ccccc2)n1. The van der Waals surface area contributed by atoms with Crippen molar-refractivity contribution in [1.82, 2.24) is 9.36 Å². The molecular weight excluding hydrogens is 244 g/mol. The fourth-order valence-corrected chi connectivity index (χ4v) is 3.22. The zero-order chi connectivity index (χ0) is 10.5. The van der Waals surface area contributed by atoms with Gasteiger partial charge in [0.15, 0.2) is 4.34 Å². The van der Waals surface area contributed by atoms with E-state index in [4.69, 9.17) is 0 Å². The van der Waals surface area contributed by atoms with Crippen molar-refractivity contribution in [2.75, 3.05) is 6.26 Å². The molecule has 0 amide bonds. The third kappa shape index (κ3) is 3.22. The van der Waals surface area contributed by atoms with Crippen LogP contribution in [0.3, 0.4) is 0 Å². The van der Waals surface area contributed by atoms with Gasteiger partial charge < -0.3 is 0 Å². The minimum atomic E-state index is 0.871. The van der Waals surface area contributed by atoms with E-state index < -0.39 is 0 Å². The molecule has 1 heterocycles. The molecule has 5 heteroatoms. The molecule has 0 radical (unpaired) electrons. The van der Waals surface area contributed by atoms with Crippen molar-refractivity contribution in [3.63, 3.8) is 0 Å². The van der Waals surface area contributed by atoms with Gasteiger partial charge in [-0.05, 0) is 23.4 Å². The number of rotatable bonds is 4. The Morgan fingerprint density at radius 2 is 2.07 bits per heavy atom. The fraction of sp³-hybridized carbons (Fsp3) is 0.200. The highest BCUT2D eigenvalue weighted by atomic mass is 32.2. The maximum atomic E-state index is 4.38. The molecule has 0 aliphatic heterocycles. The normalized spacial score (nSPS) is 10.5. The van der Waals surface area contributed by atoms with Gasteiger partial charge in [-0.2, -0.15) is 4.37 Å². The number of benzene rings is 1. The molecule has 0 unspecified atom stereocenters. The van der Waals surface area contributed by atoms with Gasteiger partial charge in [-0.1, -0.05) is 53.9 Å². The van der Waals surface area contributed by atoms with Crippen molar-refractivity contribution in [1.29, 1.82) is 0 Å². The summed E-state index contributed by atoms with van der Waals surface area (Å²) in [5.41, 5.74) is 1.32. The molecule has 0 atom stereocenters. The van der Waals surface area contributed by atoms with Crippen LogP contribution in [0.2, 0.25) is 0 Å². The van der Waals surface area contributed by atoms with E-state index in [2.05, 4.69) is 33.6 Å². The summed E-state index contributed by atoms with van der Waals surface area (Å²) >= 11 is 4.80. The first-order valence-electron chi connectivity index (χ1n) is 4.43. The van der Waals surface area contributed by atoms with E-state index in [1.165, 1.54) is 17.1 Å². The van der Waals surface area contributed by atoms with Crippen LogP contribution < -0.4 is 0 Å². The molecule has 0 aliphatic carbocycles. The Hall–Kier alpha value is -0.520. The van der Waals surface area contributed by atoms with Crippen molar-refractivity contribution >= 4 is 35.1 Å². The summed E-state index contributed by atoms with van der Waals surface area (Å²) < 4.78 is 5.26. The Bertz CT molecular complexity index is 414. The summed E-state index contributed by atoms with van der Waals surface area (Å²) in [5, 5.41) is 0.871. The van der Waals surface area contributed by atoms with E-state index in [9.17, 15) is 0 Å². The maximum absolute atomic E-state index is 4.38. The van der Waals surface area contributed by atoms with Crippen LogP contribution in [0.15, 0.2) is 39.8 Å². The minimum absolute atomic E-state index is 0.871. The van der Waals surface area contributed by atoms with Crippen LogP contribution in [-0.2, 0) is 5.75 Å². The summed E-state index contributed by atoms with van der Waals surface area (Å²) in [4.78, 5) is 4.38. The van der Waals surface area contributed by atoms with Crippen molar-refractivity contribution in [2.45, 2.75) is 15.2 Å². The van der Waals surface area contributed by atoms with Gasteiger partial charge in [-0.15, -0.1) is 0 Å². The molecule has 0 saturated carbocycles. The summed E-state index contributed by atoms with van der Waals surface area (Å²) in [7, 11) is 0.